The van der Waals surface area contributed by atoms with Crippen LogP contribution in [-0.2, 0) is 20.6 Å². The van der Waals surface area contributed by atoms with Crippen LogP contribution in [0.5, 0.6) is 0 Å². The summed E-state index contributed by atoms with van der Waals surface area (Å²) in [5, 5.41) is 4.63. The van der Waals surface area contributed by atoms with E-state index in [-0.39, 0.29) is 12.8 Å². The summed E-state index contributed by atoms with van der Waals surface area (Å²) in [5.74, 6) is -2.03. The van der Waals surface area contributed by atoms with E-state index in [1.165, 1.54) is 0 Å². The van der Waals surface area contributed by atoms with Gasteiger partial charge in [0.05, 0.1) is 6.10 Å². The maximum Gasteiger partial charge on any atom is 0.439 e. The van der Waals surface area contributed by atoms with Crippen molar-refractivity contribution in [1.82, 2.24) is 0 Å². The fourth-order valence-electron chi connectivity index (χ4n) is 1.32. The highest BCUT2D eigenvalue weighted by Crippen LogP contribution is 2.26. The molecule has 1 saturated carbocycles. The first-order valence-electron chi connectivity index (χ1n) is 4.22. The molecule has 0 aromatic rings. The maximum atomic E-state index is 12.6. The minimum atomic E-state index is -4.41. The third kappa shape index (κ3) is 2.93. The van der Waals surface area contributed by atoms with Gasteiger partial charge in [-0.1, -0.05) is 0 Å². The van der Waals surface area contributed by atoms with Crippen LogP contribution in [0.2, 0.25) is 0 Å². The molecule has 0 aromatic carbocycles. The first kappa shape index (κ1) is 12.5. The number of aliphatic hydroxyl groups is 1. The Kier molecular flexibility index (Phi) is 3.74. The van der Waals surface area contributed by atoms with Crippen LogP contribution >= 0.6 is 0 Å². The molecule has 0 radical (unpaired) electrons. The zero-order chi connectivity index (χ0) is 11.6. The molecule has 0 saturated heterocycles. The zero-order valence-corrected chi connectivity index (χ0v) is 8.38. The average Bonchev–Trinajstić information content (AvgIpc) is 2.50. The van der Waals surface area contributed by atoms with E-state index in [4.69, 9.17) is 9.66 Å². The van der Waals surface area contributed by atoms with Crippen LogP contribution in [-0.4, -0.2) is 37.3 Å². The number of carbonyl (C=O) groups is 1. The number of halogens is 2. The summed E-state index contributed by atoms with van der Waals surface area (Å²) in [6, 6.07) is 0. The van der Waals surface area contributed by atoms with E-state index in [2.05, 4.69) is 4.74 Å². The van der Waals surface area contributed by atoms with Crippen LogP contribution in [0.1, 0.15) is 19.3 Å². The fraction of sp³-hybridized carbons (Fsp3) is 0.857. The van der Waals surface area contributed by atoms with Gasteiger partial charge >= 0.3 is 11.2 Å². The van der Waals surface area contributed by atoms with Crippen molar-refractivity contribution in [2.45, 2.75) is 36.7 Å². The van der Waals surface area contributed by atoms with Crippen molar-refractivity contribution in [2.75, 3.05) is 0 Å². The largest absolute Gasteiger partial charge is 0.457 e. The van der Waals surface area contributed by atoms with Gasteiger partial charge in [-0.25, -0.2) is 9.00 Å². The lowest BCUT2D eigenvalue weighted by Crippen LogP contribution is -2.37. The van der Waals surface area contributed by atoms with Crippen molar-refractivity contribution in [2.24, 2.45) is 0 Å². The third-order valence-corrected chi connectivity index (χ3v) is 2.69. The Morgan fingerprint density at radius 3 is 2.47 bits per heavy atom. The second kappa shape index (κ2) is 4.50. The van der Waals surface area contributed by atoms with Crippen LogP contribution in [0.3, 0.4) is 0 Å². The first-order chi connectivity index (χ1) is 6.84. The molecule has 88 valence electrons. The Morgan fingerprint density at radius 2 is 2.07 bits per heavy atom. The second-order valence-corrected chi connectivity index (χ2v) is 4.27. The molecule has 3 atom stereocenters. The smallest absolute Gasteiger partial charge is 0.439 e. The summed E-state index contributed by atoms with van der Waals surface area (Å²) in [5.41, 5.74) is 0. The van der Waals surface area contributed by atoms with E-state index in [9.17, 15) is 17.8 Å². The number of aliphatic hydroxyl groups excluding tert-OH is 1. The molecule has 0 bridgehead atoms. The minimum absolute atomic E-state index is 0.0832. The Morgan fingerprint density at radius 1 is 1.47 bits per heavy atom. The number of carbonyl (C=O) groups excluding carboxylic acids is 1. The van der Waals surface area contributed by atoms with Crippen molar-refractivity contribution in [1.29, 1.82) is 0 Å². The van der Waals surface area contributed by atoms with Gasteiger partial charge in [0, 0.05) is 6.42 Å². The number of alkyl halides is 2. The number of hydrogen-bond acceptors (Lipinski definition) is 4. The van der Waals surface area contributed by atoms with Crippen LogP contribution in [0, 0.1) is 0 Å². The van der Waals surface area contributed by atoms with Crippen LogP contribution in [0.15, 0.2) is 0 Å². The first-order valence-corrected chi connectivity index (χ1v) is 5.32. The Bertz CT molecular complexity index is 283. The third-order valence-electron chi connectivity index (χ3n) is 2.09. The molecule has 0 heterocycles. The highest BCUT2D eigenvalue weighted by Gasteiger charge is 2.49. The van der Waals surface area contributed by atoms with Gasteiger partial charge in [-0.2, -0.15) is 8.78 Å². The SMILES string of the molecule is O=C(OC1CCC(O)C1)C(F)(F)S(=O)O. The Hall–Kier alpha value is -0.600. The minimum Gasteiger partial charge on any atom is -0.457 e. The van der Waals surface area contributed by atoms with Crippen molar-refractivity contribution in [3.63, 3.8) is 0 Å². The number of hydrogen-bond donors (Lipinski definition) is 2. The summed E-state index contributed by atoms with van der Waals surface area (Å²) >= 11 is -3.59. The summed E-state index contributed by atoms with van der Waals surface area (Å²) in [4.78, 5) is 10.8. The molecular formula is C7H10F2O5S. The molecule has 1 aliphatic rings. The van der Waals surface area contributed by atoms with Gasteiger partial charge in [0.15, 0.2) is 0 Å². The molecule has 0 amide bonds. The summed E-state index contributed by atoms with van der Waals surface area (Å²) < 4.78 is 47.8. The van der Waals surface area contributed by atoms with Gasteiger partial charge in [-0.05, 0) is 12.8 Å². The summed E-state index contributed by atoms with van der Waals surface area (Å²) in [7, 11) is 0. The van der Waals surface area contributed by atoms with E-state index in [1.54, 1.807) is 0 Å². The van der Waals surface area contributed by atoms with Crippen LogP contribution in [0.25, 0.3) is 0 Å². The predicted octanol–water partition coefficient (Wildman–Crippen LogP) is 0.258. The quantitative estimate of drug-likeness (QED) is 0.549. The Balaban J connectivity index is 2.52. The maximum absolute atomic E-state index is 12.6. The lowest BCUT2D eigenvalue weighted by atomic mass is 10.3. The van der Waals surface area contributed by atoms with E-state index in [0.29, 0.717) is 6.42 Å². The van der Waals surface area contributed by atoms with Gasteiger partial charge in [0.2, 0.25) is 11.1 Å². The molecule has 5 nitrogen and oxygen atoms in total. The lowest BCUT2D eigenvalue weighted by Gasteiger charge is -2.15. The molecule has 0 spiro atoms. The molecule has 0 aliphatic heterocycles. The van der Waals surface area contributed by atoms with Crippen molar-refractivity contribution >= 4 is 17.0 Å². The topological polar surface area (TPSA) is 83.8 Å². The number of rotatable bonds is 3. The normalized spacial score (nSPS) is 28.8. The zero-order valence-electron chi connectivity index (χ0n) is 7.56. The van der Waals surface area contributed by atoms with E-state index in [1.807, 2.05) is 0 Å². The molecule has 1 aliphatic carbocycles. The van der Waals surface area contributed by atoms with Gasteiger partial charge in [0.1, 0.15) is 6.10 Å². The van der Waals surface area contributed by atoms with Gasteiger partial charge in [-0.15, -0.1) is 0 Å². The highest BCUT2D eigenvalue weighted by atomic mass is 32.2. The van der Waals surface area contributed by atoms with Crippen molar-refractivity contribution in [3.8, 4) is 0 Å². The monoisotopic (exact) mass is 244 g/mol. The predicted molar refractivity (Wildman–Crippen MR) is 45.5 cm³/mol. The van der Waals surface area contributed by atoms with Gasteiger partial charge in [-0.3, -0.25) is 0 Å². The number of ether oxygens (including phenoxy) is 1. The van der Waals surface area contributed by atoms with Crippen molar-refractivity contribution in [3.05, 3.63) is 0 Å². The van der Waals surface area contributed by atoms with E-state index < -0.39 is 34.5 Å². The molecule has 1 rings (SSSR count). The van der Waals surface area contributed by atoms with Crippen molar-refractivity contribution < 1.29 is 32.2 Å². The lowest BCUT2D eigenvalue weighted by molar-refractivity contribution is -0.166. The highest BCUT2D eigenvalue weighted by molar-refractivity contribution is 7.81. The average molecular weight is 244 g/mol. The molecule has 3 unspecified atom stereocenters. The molecule has 15 heavy (non-hydrogen) atoms. The van der Waals surface area contributed by atoms with Gasteiger partial charge in [0.25, 0.3) is 0 Å². The summed E-state index contributed by atoms with van der Waals surface area (Å²) in [6.07, 6.45) is -0.745. The standard InChI is InChI=1S/C7H10F2O5S/c8-7(9,15(12)13)6(11)14-5-2-1-4(10)3-5/h4-5,10H,1-3H2,(H,12,13). The van der Waals surface area contributed by atoms with Crippen LogP contribution < -0.4 is 0 Å². The number of esters is 1. The Labute approximate surface area is 86.7 Å². The van der Waals surface area contributed by atoms with Gasteiger partial charge < -0.3 is 14.4 Å². The second-order valence-electron chi connectivity index (χ2n) is 3.26. The van der Waals surface area contributed by atoms with E-state index >= 15 is 0 Å². The molecule has 0 aromatic heterocycles. The molecule has 2 N–H and O–H groups in total. The summed E-state index contributed by atoms with van der Waals surface area (Å²) in [6.45, 7) is 0. The molecular weight excluding hydrogens is 234 g/mol. The fourth-order valence-corrected chi connectivity index (χ4v) is 1.51. The molecule has 8 heteroatoms. The molecule has 1 fully saturated rings. The van der Waals surface area contributed by atoms with E-state index in [0.717, 1.165) is 0 Å². The van der Waals surface area contributed by atoms with Crippen LogP contribution in [0.4, 0.5) is 8.78 Å².